The van der Waals surface area contributed by atoms with Crippen LogP contribution in [0.25, 0.3) is 0 Å². The Labute approximate surface area is 94.6 Å². The third kappa shape index (κ3) is 2.89. The molecule has 0 fully saturated rings. The van der Waals surface area contributed by atoms with Gasteiger partial charge in [-0.3, -0.25) is 0 Å². The van der Waals surface area contributed by atoms with E-state index in [1.54, 1.807) is 0 Å². The number of halogens is 5. The van der Waals surface area contributed by atoms with Gasteiger partial charge in [0.2, 0.25) is 0 Å². The van der Waals surface area contributed by atoms with Crippen molar-refractivity contribution in [2.24, 2.45) is 0 Å². The van der Waals surface area contributed by atoms with Crippen molar-refractivity contribution < 1.29 is 4.39 Å². The summed E-state index contributed by atoms with van der Waals surface area (Å²) in [6.45, 7) is 3.50. The lowest BCUT2D eigenvalue weighted by atomic mass is 10.3. The van der Waals surface area contributed by atoms with Gasteiger partial charge in [-0.15, -0.1) is 0 Å². The van der Waals surface area contributed by atoms with E-state index < -0.39 is 5.82 Å². The molecule has 1 aromatic carbocycles. The summed E-state index contributed by atoms with van der Waals surface area (Å²) in [5.74, 6) is -0.747. The van der Waals surface area contributed by atoms with Crippen molar-refractivity contribution in [1.82, 2.24) is 0 Å². The van der Waals surface area contributed by atoms with Gasteiger partial charge < -0.3 is 0 Å². The second kappa shape index (κ2) is 5.51. The summed E-state index contributed by atoms with van der Waals surface area (Å²) in [6.07, 6.45) is 0. The molecule has 1 aromatic rings. The highest BCUT2D eigenvalue weighted by molar-refractivity contribution is 6.49. The summed E-state index contributed by atoms with van der Waals surface area (Å²) >= 11 is 21.8. The Morgan fingerprint density at radius 2 is 1.46 bits per heavy atom. The Hall–Kier alpha value is -0.200. The van der Waals surface area contributed by atoms with Crippen molar-refractivity contribution in [2.75, 3.05) is 0 Å². The van der Waals surface area contributed by atoms with E-state index in [1.807, 2.05) is 0 Å². The molecule has 6 heteroatoms. The zero-order valence-corrected chi connectivity index (χ0v) is 9.02. The maximum atomic E-state index is 12.8. The van der Waals surface area contributed by atoms with Gasteiger partial charge in [0, 0.05) is 6.57 Å². The molecule has 0 unspecified atom stereocenters. The van der Waals surface area contributed by atoms with E-state index in [0.717, 1.165) is 0 Å². The number of nitriles is 1. The van der Waals surface area contributed by atoms with Gasteiger partial charge in [-0.2, -0.15) is 0 Å². The topological polar surface area (TPSA) is 23.8 Å². The summed E-state index contributed by atoms with van der Waals surface area (Å²) in [5.41, 5.74) is 0. The molecule has 0 aromatic heterocycles. The number of nitrogens with zero attached hydrogens (tertiary/aromatic N) is 1. The minimum Gasteiger partial charge on any atom is -0.204 e. The molecule has 0 atom stereocenters. The van der Waals surface area contributed by atoms with Crippen molar-refractivity contribution in [3.8, 4) is 6.57 Å². The SMILES string of the molecule is C#N.Fc1c(Cl)cc(Cl)c(Cl)c1Cl. The number of rotatable bonds is 0. The van der Waals surface area contributed by atoms with Gasteiger partial charge in [0.25, 0.3) is 0 Å². The Bertz CT molecular complexity index is 311. The molecule has 1 nitrogen and oxygen atoms in total. The molecule has 1 rings (SSSR count). The summed E-state index contributed by atoms with van der Waals surface area (Å²) in [6, 6.07) is 1.20. The van der Waals surface area contributed by atoms with Crippen molar-refractivity contribution in [3.05, 3.63) is 32.0 Å². The molecule has 0 bridgehead atoms. The van der Waals surface area contributed by atoms with Gasteiger partial charge in [0.1, 0.15) is 0 Å². The van der Waals surface area contributed by atoms with Crippen LogP contribution in [0.4, 0.5) is 4.39 Å². The normalized spacial score (nSPS) is 8.85. The first-order valence-electron chi connectivity index (χ1n) is 2.78. The molecule has 0 aliphatic heterocycles. The van der Waals surface area contributed by atoms with Gasteiger partial charge in [-0.05, 0) is 6.07 Å². The van der Waals surface area contributed by atoms with Gasteiger partial charge in [0.15, 0.2) is 5.82 Å². The Balaban J connectivity index is 0.000000671. The van der Waals surface area contributed by atoms with Crippen LogP contribution in [0.1, 0.15) is 0 Å². The summed E-state index contributed by atoms with van der Waals surface area (Å²) in [7, 11) is 0. The first kappa shape index (κ1) is 12.8. The monoisotopic (exact) mass is 259 g/mol. The van der Waals surface area contributed by atoms with E-state index in [4.69, 9.17) is 51.7 Å². The first-order chi connectivity index (χ1) is 6.04. The number of benzene rings is 1. The highest BCUT2D eigenvalue weighted by Crippen LogP contribution is 2.35. The van der Waals surface area contributed by atoms with Crippen molar-refractivity contribution in [3.63, 3.8) is 0 Å². The molecular formula is C7H2Cl4FN. The van der Waals surface area contributed by atoms with Crippen LogP contribution in [0.3, 0.4) is 0 Å². The van der Waals surface area contributed by atoms with Gasteiger partial charge in [-0.1, -0.05) is 46.4 Å². The molecule has 0 heterocycles. The van der Waals surface area contributed by atoms with E-state index in [1.165, 1.54) is 6.07 Å². The fourth-order valence-corrected chi connectivity index (χ4v) is 1.44. The van der Waals surface area contributed by atoms with Gasteiger partial charge >= 0.3 is 0 Å². The second-order valence-corrected chi connectivity index (χ2v) is 3.35. The maximum absolute atomic E-state index is 12.8. The van der Waals surface area contributed by atoms with Crippen LogP contribution in [0.5, 0.6) is 0 Å². The lowest BCUT2D eigenvalue weighted by Gasteiger charge is -2.01. The predicted molar refractivity (Wildman–Crippen MR) is 53.1 cm³/mol. The molecule has 0 amide bonds. The lowest BCUT2D eigenvalue weighted by Crippen LogP contribution is -1.81. The average Bonchev–Trinajstić information content (AvgIpc) is 2.15. The van der Waals surface area contributed by atoms with E-state index >= 15 is 0 Å². The van der Waals surface area contributed by atoms with Crippen molar-refractivity contribution >= 4 is 46.4 Å². The third-order valence-corrected chi connectivity index (χ3v) is 2.57. The standard InChI is InChI=1S/C6HCl4F.CHN/c7-2-1-3(8)6(11)5(10)4(2)9;1-2/h1H;1H. The minimum atomic E-state index is -0.747. The van der Waals surface area contributed by atoms with E-state index in [2.05, 4.69) is 6.57 Å². The first-order valence-corrected chi connectivity index (χ1v) is 4.29. The van der Waals surface area contributed by atoms with Crippen LogP contribution in [0.2, 0.25) is 20.1 Å². The molecular weight excluding hydrogens is 259 g/mol. The van der Waals surface area contributed by atoms with E-state index in [0.29, 0.717) is 0 Å². The largest absolute Gasteiger partial charge is 0.204 e. The Morgan fingerprint density at radius 1 is 1.00 bits per heavy atom. The molecule has 0 N–H and O–H groups in total. The molecule has 0 spiro atoms. The highest BCUT2D eigenvalue weighted by atomic mass is 35.5. The summed E-state index contributed by atoms with van der Waals surface area (Å²) in [5, 5.41) is 6.24. The van der Waals surface area contributed by atoms with Crippen molar-refractivity contribution in [1.29, 1.82) is 5.26 Å². The number of hydrogen-bond donors (Lipinski definition) is 0. The third-order valence-electron chi connectivity index (χ3n) is 1.06. The van der Waals surface area contributed by atoms with Gasteiger partial charge in [0.05, 0.1) is 20.1 Å². The van der Waals surface area contributed by atoms with Crippen LogP contribution >= 0.6 is 46.4 Å². The molecule has 0 saturated carbocycles. The average molecular weight is 261 g/mol. The molecule has 70 valence electrons. The highest BCUT2D eigenvalue weighted by Gasteiger charge is 2.12. The minimum absolute atomic E-state index is 0.0183. The van der Waals surface area contributed by atoms with E-state index in [-0.39, 0.29) is 20.1 Å². The van der Waals surface area contributed by atoms with Crippen molar-refractivity contribution in [2.45, 2.75) is 0 Å². The summed E-state index contributed by atoms with van der Waals surface area (Å²) in [4.78, 5) is 0. The molecule has 0 aliphatic carbocycles. The van der Waals surface area contributed by atoms with Gasteiger partial charge in [-0.25, -0.2) is 9.65 Å². The fraction of sp³-hybridized carbons (Fsp3) is 0. The molecule has 0 aliphatic rings. The molecule has 0 saturated heterocycles. The van der Waals surface area contributed by atoms with Crippen LogP contribution in [0.15, 0.2) is 6.07 Å². The molecule has 0 radical (unpaired) electrons. The molecule has 13 heavy (non-hydrogen) atoms. The van der Waals surface area contributed by atoms with Crippen LogP contribution < -0.4 is 0 Å². The predicted octanol–water partition coefficient (Wildman–Crippen LogP) is 4.58. The Kier molecular flexibility index (Phi) is 5.43. The fourth-order valence-electron chi connectivity index (χ4n) is 0.544. The maximum Gasteiger partial charge on any atom is 0.161 e. The zero-order valence-electron chi connectivity index (χ0n) is 5.99. The summed E-state index contributed by atoms with van der Waals surface area (Å²) < 4.78 is 12.8. The van der Waals surface area contributed by atoms with Crippen LogP contribution in [0, 0.1) is 17.7 Å². The van der Waals surface area contributed by atoms with E-state index in [9.17, 15) is 4.39 Å². The van der Waals surface area contributed by atoms with Crippen LogP contribution in [-0.2, 0) is 0 Å². The zero-order chi connectivity index (χ0) is 10.6. The quantitative estimate of drug-likeness (QED) is 0.495. The number of hydrogen-bond acceptors (Lipinski definition) is 1. The lowest BCUT2D eigenvalue weighted by molar-refractivity contribution is 0.629. The smallest absolute Gasteiger partial charge is 0.161 e. The van der Waals surface area contributed by atoms with Crippen LogP contribution in [-0.4, -0.2) is 0 Å². The second-order valence-electron chi connectivity index (χ2n) is 1.78. The Morgan fingerprint density at radius 3 is 1.92 bits per heavy atom.